The molecule has 3 rings (SSSR count). The lowest BCUT2D eigenvalue weighted by Gasteiger charge is -2.23. The predicted molar refractivity (Wildman–Crippen MR) is 90.0 cm³/mol. The molecule has 2 aromatic rings. The van der Waals surface area contributed by atoms with E-state index in [0.717, 1.165) is 11.6 Å². The van der Waals surface area contributed by atoms with E-state index in [1.54, 1.807) is 0 Å². The van der Waals surface area contributed by atoms with E-state index in [-0.39, 0.29) is 12.2 Å². The van der Waals surface area contributed by atoms with E-state index in [1.807, 2.05) is 18.2 Å². The Labute approximate surface area is 141 Å². The highest BCUT2D eigenvalue weighted by molar-refractivity contribution is 5.81. The summed E-state index contributed by atoms with van der Waals surface area (Å²) in [6, 6.07) is 11.5. The van der Waals surface area contributed by atoms with Crippen molar-refractivity contribution in [1.29, 1.82) is 0 Å². The first kappa shape index (κ1) is 16.6. The van der Waals surface area contributed by atoms with E-state index < -0.39 is 11.6 Å². The molecule has 24 heavy (non-hydrogen) atoms. The third-order valence-corrected chi connectivity index (χ3v) is 4.47. The fraction of sp³-hybridized carbons (Fsp3) is 0.350. The fourth-order valence-corrected chi connectivity index (χ4v) is 3.19. The minimum absolute atomic E-state index is 0.0509. The summed E-state index contributed by atoms with van der Waals surface area (Å²) in [6.07, 6.45) is 9.14. The van der Waals surface area contributed by atoms with Gasteiger partial charge in [0.1, 0.15) is 24.5 Å². The van der Waals surface area contributed by atoms with Crippen molar-refractivity contribution in [2.45, 2.75) is 44.6 Å². The molecule has 1 saturated carbocycles. The van der Waals surface area contributed by atoms with Crippen molar-refractivity contribution in [2.24, 2.45) is 5.16 Å². The van der Waals surface area contributed by atoms with Gasteiger partial charge in [-0.05, 0) is 36.5 Å². The largest absolute Gasteiger partial charge is 0.390 e. The molecule has 4 heteroatoms. The molecule has 125 valence electrons. The molecule has 1 aliphatic carbocycles. The number of nitrogens with zero attached hydrogens (tertiary/aromatic N) is 1. The van der Waals surface area contributed by atoms with E-state index in [1.165, 1.54) is 49.8 Å². The third kappa shape index (κ3) is 4.19. The van der Waals surface area contributed by atoms with E-state index in [2.05, 4.69) is 17.4 Å². The van der Waals surface area contributed by atoms with E-state index >= 15 is 0 Å². The average molecular weight is 328 g/mol. The number of halogens is 2. The highest BCUT2D eigenvalue weighted by Crippen LogP contribution is 2.33. The minimum atomic E-state index is -0.632. The van der Waals surface area contributed by atoms with Gasteiger partial charge in [-0.2, -0.15) is 0 Å². The van der Waals surface area contributed by atoms with Crippen LogP contribution in [0.2, 0.25) is 0 Å². The molecular weight excluding hydrogens is 308 g/mol. The van der Waals surface area contributed by atoms with Crippen LogP contribution in [0.3, 0.4) is 0 Å². The molecule has 0 bridgehead atoms. The molecule has 1 fully saturated rings. The minimum Gasteiger partial charge on any atom is -0.390 e. The van der Waals surface area contributed by atoms with E-state index in [9.17, 15) is 8.78 Å². The van der Waals surface area contributed by atoms with Gasteiger partial charge in [-0.25, -0.2) is 8.78 Å². The molecule has 0 atom stereocenters. The van der Waals surface area contributed by atoms with Gasteiger partial charge in [0.15, 0.2) is 0 Å². The fourth-order valence-electron chi connectivity index (χ4n) is 3.19. The van der Waals surface area contributed by atoms with Crippen LogP contribution in [-0.2, 0) is 11.4 Å². The van der Waals surface area contributed by atoms with Crippen LogP contribution in [0.15, 0.2) is 47.6 Å². The zero-order chi connectivity index (χ0) is 16.8. The Kier molecular flexibility index (Phi) is 5.57. The Morgan fingerprint density at radius 2 is 1.83 bits per heavy atom. The summed E-state index contributed by atoms with van der Waals surface area (Å²) < 4.78 is 26.4. The first-order valence-electron chi connectivity index (χ1n) is 8.35. The van der Waals surface area contributed by atoms with Crippen LogP contribution >= 0.6 is 0 Å². The molecule has 2 nitrogen and oxygen atoms in total. The van der Waals surface area contributed by atoms with Crippen molar-refractivity contribution in [2.75, 3.05) is 0 Å². The van der Waals surface area contributed by atoms with Gasteiger partial charge in [-0.3, -0.25) is 0 Å². The highest BCUT2D eigenvalue weighted by atomic mass is 19.1. The summed E-state index contributed by atoms with van der Waals surface area (Å²) in [4.78, 5) is 5.14. The summed E-state index contributed by atoms with van der Waals surface area (Å²) in [6.45, 7) is -0.0509. The number of hydrogen-bond acceptors (Lipinski definition) is 2. The van der Waals surface area contributed by atoms with Crippen LogP contribution in [0.25, 0.3) is 0 Å². The number of benzene rings is 2. The van der Waals surface area contributed by atoms with Gasteiger partial charge < -0.3 is 4.84 Å². The predicted octanol–water partition coefficient (Wildman–Crippen LogP) is 5.44. The Bertz CT molecular complexity index is 709. The van der Waals surface area contributed by atoms with Crippen molar-refractivity contribution in [3.05, 3.63) is 70.8 Å². The molecule has 0 aromatic heterocycles. The summed E-state index contributed by atoms with van der Waals surface area (Å²) in [5.74, 6) is -0.687. The molecule has 0 saturated heterocycles. The highest BCUT2D eigenvalue weighted by Gasteiger charge is 2.17. The number of rotatable bonds is 5. The van der Waals surface area contributed by atoms with Crippen molar-refractivity contribution in [3.63, 3.8) is 0 Å². The van der Waals surface area contributed by atoms with Crippen LogP contribution < -0.4 is 0 Å². The normalized spacial score (nSPS) is 15.8. The lowest BCUT2D eigenvalue weighted by atomic mass is 9.82. The van der Waals surface area contributed by atoms with Crippen molar-refractivity contribution in [1.82, 2.24) is 0 Å². The first-order chi connectivity index (χ1) is 11.7. The lowest BCUT2D eigenvalue weighted by molar-refractivity contribution is 0.129. The van der Waals surface area contributed by atoms with Crippen molar-refractivity contribution in [3.8, 4) is 0 Å². The molecule has 1 radical (unpaired) electrons. The smallest absolute Gasteiger partial charge is 0.145 e. The maximum absolute atomic E-state index is 13.5. The Hall–Kier alpha value is -2.23. The Morgan fingerprint density at radius 3 is 2.62 bits per heavy atom. The molecule has 0 aliphatic heterocycles. The Morgan fingerprint density at radius 1 is 1.04 bits per heavy atom. The van der Waals surface area contributed by atoms with Crippen LogP contribution in [0.4, 0.5) is 8.78 Å². The van der Waals surface area contributed by atoms with Crippen molar-refractivity contribution >= 4 is 6.21 Å². The standard InChI is InChI=1S/C20H20F2NO/c21-18-11-10-17(20(22)12-18)14-24-23-13-16-8-4-5-9-19(16)15-6-2-1-3-7-15/h4-5,8-12,15H,1-3,6-7,14H2. The molecule has 0 N–H and O–H groups in total. The lowest BCUT2D eigenvalue weighted by Crippen LogP contribution is -2.07. The van der Waals surface area contributed by atoms with E-state index in [4.69, 9.17) is 4.84 Å². The molecule has 2 aromatic carbocycles. The van der Waals surface area contributed by atoms with Gasteiger partial charge in [0, 0.05) is 17.2 Å². The van der Waals surface area contributed by atoms with Gasteiger partial charge in [-0.15, -0.1) is 0 Å². The summed E-state index contributed by atoms with van der Waals surface area (Å²) in [5, 5.41) is 3.85. The first-order valence-corrected chi connectivity index (χ1v) is 8.35. The average Bonchev–Trinajstić information content (AvgIpc) is 2.61. The second kappa shape index (κ2) is 8.04. The topological polar surface area (TPSA) is 21.6 Å². The van der Waals surface area contributed by atoms with E-state index in [0.29, 0.717) is 5.92 Å². The monoisotopic (exact) mass is 328 g/mol. The zero-order valence-corrected chi connectivity index (χ0v) is 13.5. The van der Waals surface area contributed by atoms with Gasteiger partial charge in [0.25, 0.3) is 0 Å². The number of hydrogen-bond donors (Lipinski definition) is 0. The maximum atomic E-state index is 13.5. The van der Waals surface area contributed by atoms with Crippen LogP contribution in [-0.4, -0.2) is 6.21 Å². The second-order valence-electron chi connectivity index (χ2n) is 6.13. The van der Waals surface area contributed by atoms with Crippen molar-refractivity contribution < 1.29 is 13.6 Å². The van der Waals surface area contributed by atoms with Gasteiger partial charge in [-0.1, -0.05) is 48.7 Å². The van der Waals surface area contributed by atoms with Gasteiger partial charge in [0.05, 0.1) is 0 Å². The molecule has 0 unspecified atom stereocenters. The van der Waals surface area contributed by atoms with Gasteiger partial charge >= 0.3 is 0 Å². The Balaban J connectivity index is 1.64. The van der Waals surface area contributed by atoms with Crippen LogP contribution in [0.5, 0.6) is 0 Å². The summed E-state index contributed by atoms with van der Waals surface area (Å²) >= 11 is 0. The quantitative estimate of drug-likeness (QED) is 0.529. The molecule has 0 spiro atoms. The van der Waals surface area contributed by atoms with Gasteiger partial charge in [0.2, 0.25) is 0 Å². The second-order valence-corrected chi connectivity index (χ2v) is 6.13. The molecule has 0 heterocycles. The molecular formula is C20H20F2NO. The van der Waals surface area contributed by atoms with Crippen LogP contribution in [0.1, 0.15) is 54.7 Å². The third-order valence-electron chi connectivity index (χ3n) is 4.47. The molecule has 0 amide bonds. The maximum Gasteiger partial charge on any atom is 0.145 e. The SMILES string of the molecule is Fc1ccc(CO/N=[C]\c2ccccc2C2CCCCC2)c(F)c1. The summed E-state index contributed by atoms with van der Waals surface area (Å²) in [5.41, 5.74) is 2.43. The molecule has 1 aliphatic rings. The van der Waals surface area contributed by atoms with Crippen LogP contribution in [0, 0.1) is 11.6 Å². The summed E-state index contributed by atoms with van der Waals surface area (Å²) in [7, 11) is 0. The zero-order valence-electron chi connectivity index (χ0n) is 13.5.